The Labute approximate surface area is 98.1 Å². The zero-order valence-corrected chi connectivity index (χ0v) is 9.48. The molecule has 0 aliphatic rings. The number of nitrogens with zero attached hydrogens (tertiary/aromatic N) is 3. The summed E-state index contributed by atoms with van der Waals surface area (Å²) in [6, 6.07) is 2.83. The molecular formula is C11H13FN4O. The number of pyridine rings is 1. The first kappa shape index (κ1) is 11.7. The number of aromatic nitrogens is 3. The Morgan fingerprint density at radius 3 is 3.00 bits per heavy atom. The molecule has 0 spiro atoms. The molecule has 0 bridgehead atoms. The van der Waals surface area contributed by atoms with E-state index in [1.807, 2.05) is 0 Å². The lowest BCUT2D eigenvalue weighted by Crippen LogP contribution is -2.13. The molecule has 2 heterocycles. The van der Waals surface area contributed by atoms with E-state index >= 15 is 0 Å². The summed E-state index contributed by atoms with van der Waals surface area (Å²) in [4.78, 5) is 8.03. The average molecular weight is 236 g/mol. The molecule has 0 aliphatic carbocycles. The van der Waals surface area contributed by atoms with E-state index in [2.05, 4.69) is 27.4 Å². The highest BCUT2D eigenvalue weighted by Gasteiger charge is 2.09. The van der Waals surface area contributed by atoms with Crippen molar-refractivity contribution >= 4 is 0 Å². The first-order valence-electron chi connectivity index (χ1n) is 5.45. The standard InChI is InChI=1S/C11H13FN4O/c1-2-5-13-7-10-15-11(16-17-10)9-4-3-8(12)6-14-9/h3-4,6,13H,2,5,7H2,1H3. The van der Waals surface area contributed by atoms with E-state index in [0.717, 1.165) is 19.2 Å². The number of nitrogens with one attached hydrogen (secondary N) is 1. The molecule has 0 aromatic carbocycles. The third kappa shape index (κ3) is 3.07. The summed E-state index contributed by atoms with van der Waals surface area (Å²) in [5.74, 6) is 0.486. The van der Waals surface area contributed by atoms with Gasteiger partial charge in [0.05, 0.1) is 12.7 Å². The van der Waals surface area contributed by atoms with Crippen molar-refractivity contribution in [1.82, 2.24) is 20.4 Å². The first-order chi connectivity index (χ1) is 8.29. The largest absolute Gasteiger partial charge is 0.337 e. The van der Waals surface area contributed by atoms with Crippen LogP contribution in [0, 0.1) is 5.82 Å². The highest BCUT2D eigenvalue weighted by molar-refractivity contribution is 5.47. The van der Waals surface area contributed by atoms with Gasteiger partial charge in [-0.3, -0.25) is 0 Å². The Kier molecular flexibility index (Phi) is 3.77. The van der Waals surface area contributed by atoms with E-state index < -0.39 is 0 Å². The van der Waals surface area contributed by atoms with Crippen molar-refractivity contribution < 1.29 is 8.91 Å². The van der Waals surface area contributed by atoms with Gasteiger partial charge in [-0.1, -0.05) is 12.1 Å². The van der Waals surface area contributed by atoms with Gasteiger partial charge in [0.2, 0.25) is 11.7 Å². The minimum Gasteiger partial charge on any atom is -0.337 e. The van der Waals surface area contributed by atoms with Gasteiger partial charge < -0.3 is 9.84 Å². The Morgan fingerprint density at radius 1 is 1.41 bits per heavy atom. The van der Waals surface area contributed by atoms with Gasteiger partial charge in [-0.25, -0.2) is 9.37 Å². The third-order valence-corrected chi connectivity index (χ3v) is 2.13. The zero-order valence-electron chi connectivity index (χ0n) is 9.48. The maximum atomic E-state index is 12.7. The van der Waals surface area contributed by atoms with E-state index in [9.17, 15) is 4.39 Å². The smallest absolute Gasteiger partial charge is 0.240 e. The van der Waals surface area contributed by atoms with Gasteiger partial charge in [-0.05, 0) is 25.1 Å². The number of rotatable bonds is 5. The third-order valence-electron chi connectivity index (χ3n) is 2.13. The molecule has 5 nitrogen and oxygen atoms in total. The van der Waals surface area contributed by atoms with Crippen molar-refractivity contribution in [2.75, 3.05) is 6.54 Å². The van der Waals surface area contributed by atoms with Gasteiger partial charge in [0.25, 0.3) is 0 Å². The fourth-order valence-corrected chi connectivity index (χ4v) is 1.31. The van der Waals surface area contributed by atoms with Crippen LogP contribution >= 0.6 is 0 Å². The van der Waals surface area contributed by atoms with Crippen LogP contribution in [0.5, 0.6) is 0 Å². The van der Waals surface area contributed by atoms with E-state index in [0.29, 0.717) is 24.0 Å². The lowest BCUT2D eigenvalue weighted by molar-refractivity contribution is 0.368. The maximum absolute atomic E-state index is 12.7. The molecule has 2 aromatic rings. The van der Waals surface area contributed by atoms with Crippen LogP contribution in [-0.4, -0.2) is 21.7 Å². The zero-order chi connectivity index (χ0) is 12.1. The summed E-state index contributed by atoms with van der Waals surface area (Å²) < 4.78 is 17.7. The number of halogens is 1. The normalized spacial score (nSPS) is 10.7. The molecule has 0 aliphatic heterocycles. The SMILES string of the molecule is CCCNCc1nc(-c2ccc(F)cn2)no1. The molecular weight excluding hydrogens is 223 g/mol. The Bertz CT molecular complexity index is 469. The second-order valence-electron chi connectivity index (χ2n) is 3.55. The second-order valence-corrected chi connectivity index (χ2v) is 3.55. The van der Waals surface area contributed by atoms with Crippen LogP contribution < -0.4 is 5.32 Å². The summed E-state index contributed by atoms with van der Waals surface area (Å²) in [6.07, 6.45) is 2.17. The molecule has 0 atom stereocenters. The molecule has 6 heteroatoms. The van der Waals surface area contributed by atoms with E-state index in [1.165, 1.54) is 12.1 Å². The van der Waals surface area contributed by atoms with Crippen molar-refractivity contribution in [3.05, 3.63) is 30.0 Å². The Hall–Kier alpha value is -1.82. The highest BCUT2D eigenvalue weighted by atomic mass is 19.1. The van der Waals surface area contributed by atoms with E-state index in [-0.39, 0.29) is 5.82 Å². The fourth-order valence-electron chi connectivity index (χ4n) is 1.31. The van der Waals surface area contributed by atoms with Crippen LogP contribution in [0.25, 0.3) is 11.5 Å². The molecule has 17 heavy (non-hydrogen) atoms. The lowest BCUT2D eigenvalue weighted by atomic mass is 10.3. The molecule has 0 radical (unpaired) electrons. The summed E-state index contributed by atoms with van der Waals surface area (Å²) in [6.45, 7) is 3.50. The molecule has 90 valence electrons. The molecule has 0 amide bonds. The topological polar surface area (TPSA) is 63.8 Å². The van der Waals surface area contributed by atoms with Gasteiger partial charge >= 0.3 is 0 Å². The number of hydrogen-bond donors (Lipinski definition) is 1. The highest BCUT2D eigenvalue weighted by Crippen LogP contribution is 2.12. The van der Waals surface area contributed by atoms with Gasteiger partial charge in [-0.2, -0.15) is 4.98 Å². The fraction of sp³-hybridized carbons (Fsp3) is 0.364. The molecule has 0 saturated carbocycles. The van der Waals surface area contributed by atoms with E-state index in [4.69, 9.17) is 4.52 Å². The lowest BCUT2D eigenvalue weighted by Gasteiger charge is -1.95. The van der Waals surface area contributed by atoms with Crippen LogP contribution in [0.3, 0.4) is 0 Å². The Balaban J connectivity index is 2.04. The van der Waals surface area contributed by atoms with Gasteiger partial charge in [0.1, 0.15) is 11.5 Å². The quantitative estimate of drug-likeness (QED) is 0.801. The van der Waals surface area contributed by atoms with Crippen molar-refractivity contribution in [2.45, 2.75) is 19.9 Å². The van der Waals surface area contributed by atoms with Crippen molar-refractivity contribution in [2.24, 2.45) is 0 Å². The number of hydrogen-bond acceptors (Lipinski definition) is 5. The monoisotopic (exact) mass is 236 g/mol. The summed E-state index contributed by atoms with van der Waals surface area (Å²) in [7, 11) is 0. The van der Waals surface area contributed by atoms with Crippen LogP contribution in [-0.2, 0) is 6.54 Å². The molecule has 2 aromatic heterocycles. The average Bonchev–Trinajstić information content (AvgIpc) is 2.79. The molecule has 0 unspecified atom stereocenters. The van der Waals surface area contributed by atoms with Crippen LogP contribution in [0.4, 0.5) is 4.39 Å². The predicted octanol–water partition coefficient (Wildman–Crippen LogP) is 1.77. The van der Waals surface area contributed by atoms with Crippen molar-refractivity contribution in [1.29, 1.82) is 0 Å². The van der Waals surface area contributed by atoms with Gasteiger partial charge in [-0.15, -0.1) is 0 Å². The van der Waals surface area contributed by atoms with Crippen molar-refractivity contribution in [3.63, 3.8) is 0 Å². The van der Waals surface area contributed by atoms with Gasteiger partial charge in [0.15, 0.2) is 0 Å². The van der Waals surface area contributed by atoms with Crippen molar-refractivity contribution in [3.8, 4) is 11.5 Å². The predicted molar refractivity (Wildman–Crippen MR) is 59.5 cm³/mol. The summed E-state index contributed by atoms with van der Waals surface area (Å²) in [5.41, 5.74) is 0.497. The summed E-state index contributed by atoms with van der Waals surface area (Å²) >= 11 is 0. The molecule has 0 saturated heterocycles. The van der Waals surface area contributed by atoms with E-state index in [1.54, 1.807) is 0 Å². The molecule has 2 rings (SSSR count). The Morgan fingerprint density at radius 2 is 2.29 bits per heavy atom. The first-order valence-corrected chi connectivity index (χ1v) is 5.45. The second kappa shape index (κ2) is 5.49. The van der Waals surface area contributed by atoms with Crippen LogP contribution in [0.1, 0.15) is 19.2 Å². The van der Waals surface area contributed by atoms with Crippen LogP contribution in [0.2, 0.25) is 0 Å². The molecule has 1 N–H and O–H groups in total. The summed E-state index contributed by atoms with van der Waals surface area (Å²) in [5, 5.41) is 6.93. The maximum Gasteiger partial charge on any atom is 0.240 e. The minimum absolute atomic E-state index is 0.373. The van der Waals surface area contributed by atoms with Gasteiger partial charge in [0, 0.05) is 0 Å². The minimum atomic E-state index is -0.387. The molecule has 0 fully saturated rings. The van der Waals surface area contributed by atoms with Crippen LogP contribution in [0.15, 0.2) is 22.9 Å².